The first kappa shape index (κ1) is 21.0. The van der Waals surface area contributed by atoms with Gasteiger partial charge < -0.3 is 14.0 Å². The fourth-order valence-corrected chi connectivity index (χ4v) is 3.76. The van der Waals surface area contributed by atoms with Crippen molar-refractivity contribution >= 4 is 23.3 Å². The Hall–Kier alpha value is -3.30. The van der Waals surface area contributed by atoms with E-state index in [0.29, 0.717) is 34.5 Å². The Morgan fingerprint density at radius 2 is 1.97 bits per heavy atom. The molecule has 2 aromatic carbocycles. The van der Waals surface area contributed by atoms with Crippen molar-refractivity contribution in [3.05, 3.63) is 70.3 Å². The molecule has 0 atom stereocenters. The number of nitrogens with zero attached hydrogens (tertiary/aromatic N) is 4. The lowest BCUT2D eigenvalue weighted by atomic mass is 10.1. The summed E-state index contributed by atoms with van der Waals surface area (Å²) in [6.07, 6.45) is 6.07. The maximum atomic E-state index is 9.78. The second-order valence-electron chi connectivity index (χ2n) is 7.40. The van der Waals surface area contributed by atoms with Crippen molar-refractivity contribution in [2.45, 2.75) is 38.8 Å². The summed E-state index contributed by atoms with van der Waals surface area (Å²) in [6, 6.07) is 15.4. The van der Waals surface area contributed by atoms with Gasteiger partial charge in [0.2, 0.25) is 0 Å². The molecule has 0 fully saturated rings. The van der Waals surface area contributed by atoms with Gasteiger partial charge in [-0.1, -0.05) is 36.2 Å². The molecule has 1 aromatic heterocycles. The van der Waals surface area contributed by atoms with Gasteiger partial charge in [-0.2, -0.15) is 5.26 Å². The van der Waals surface area contributed by atoms with Crippen LogP contribution in [-0.4, -0.2) is 21.9 Å². The lowest BCUT2D eigenvalue weighted by Crippen LogP contribution is -2.05. The van der Waals surface area contributed by atoms with E-state index in [1.54, 1.807) is 7.11 Å². The van der Waals surface area contributed by atoms with Gasteiger partial charge in [0, 0.05) is 18.0 Å². The standard InChI is InChI=1S/C24H23ClN4O2/c1-30-22-14-18(8-11-21(22)31-16-17-6-9-20(25)10-7-17)13-19(15-26)24-28-27-23-5-3-2-4-12-29(23)24/h6-11,13-14H,2-5,12,16H2,1H3/b19-13+. The van der Waals surface area contributed by atoms with Gasteiger partial charge in [0.25, 0.3) is 0 Å². The Balaban J connectivity index is 1.56. The van der Waals surface area contributed by atoms with E-state index < -0.39 is 0 Å². The highest BCUT2D eigenvalue weighted by atomic mass is 35.5. The quantitative estimate of drug-likeness (QED) is 0.491. The van der Waals surface area contributed by atoms with Crippen LogP contribution in [0.25, 0.3) is 11.6 Å². The van der Waals surface area contributed by atoms with E-state index in [1.807, 2.05) is 48.5 Å². The molecule has 1 aliphatic rings. The lowest BCUT2D eigenvalue weighted by Gasteiger charge is -2.12. The first-order valence-electron chi connectivity index (χ1n) is 10.3. The highest BCUT2D eigenvalue weighted by Crippen LogP contribution is 2.31. The van der Waals surface area contributed by atoms with Crippen LogP contribution in [0.15, 0.2) is 42.5 Å². The van der Waals surface area contributed by atoms with E-state index in [4.69, 9.17) is 21.1 Å². The third kappa shape index (κ3) is 4.89. The fourth-order valence-electron chi connectivity index (χ4n) is 3.63. The van der Waals surface area contributed by atoms with Gasteiger partial charge in [0.1, 0.15) is 18.5 Å². The number of aryl methyl sites for hydroxylation is 1. The van der Waals surface area contributed by atoms with Crippen molar-refractivity contribution in [3.8, 4) is 17.6 Å². The van der Waals surface area contributed by atoms with Crippen LogP contribution in [0.3, 0.4) is 0 Å². The predicted octanol–water partition coefficient (Wildman–Crippen LogP) is 5.31. The van der Waals surface area contributed by atoms with Crippen LogP contribution in [-0.2, 0) is 19.6 Å². The van der Waals surface area contributed by atoms with Crippen molar-refractivity contribution in [1.29, 1.82) is 5.26 Å². The number of hydrogen-bond donors (Lipinski definition) is 0. The average Bonchev–Trinajstić information content (AvgIpc) is 3.04. The zero-order valence-electron chi connectivity index (χ0n) is 17.3. The summed E-state index contributed by atoms with van der Waals surface area (Å²) in [5.74, 6) is 2.81. The van der Waals surface area contributed by atoms with E-state index in [2.05, 4.69) is 20.8 Å². The molecule has 3 aromatic rings. The molecule has 0 saturated carbocycles. The van der Waals surface area contributed by atoms with E-state index in [0.717, 1.165) is 42.8 Å². The van der Waals surface area contributed by atoms with Gasteiger partial charge in [0.05, 0.1) is 12.7 Å². The second kappa shape index (κ2) is 9.67. The normalized spacial score (nSPS) is 13.8. The molecule has 0 saturated heterocycles. The Morgan fingerprint density at radius 3 is 2.74 bits per heavy atom. The summed E-state index contributed by atoms with van der Waals surface area (Å²) in [5.41, 5.74) is 2.32. The van der Waals surface area contributed by atoms with Crippen LogP contribution in [0.1, 0.15) is 42.0 Å². The fraction of sp³-hybridized carbons (Fsp3) is 0.292. The third-order valence-corrected chi connectivity index (χ3v) is 5.53. The minimum Gasteiger partial charge on any atom is -0.493 e. The number of aromatic nitrogens is 3. The number of rotatable bonds is 6. The first-order chi connectivity index (χ1) is 15.2. The molecule has 6 nitrogen and oxygen atoms in total. The first-order valence-corrected chi connectivity index (χ1v) is 10.7. The second-order valence-corrected chi connectivity index (χ2v) is 7.83. The third-order valence-electron chi connectivity index (χ3n) is 5.28. The number of nitriles is 1. The molecule has 0 amide bonds. The predicted molar refractivity (Wildman–Crippen MR) is 120 cm³/mol. The van der Waals surface area contributed by atoms with Crippen molar-refractivity contribution in [2.24, 2.45) is 0 Å². The van der Waals surface area contributed by atoms with Crippen LogP contribution < -0.4 is 9.47 Å². The van der Waals surface area contributed by atoms with Crippen molar-refractivity contribution in [3.63, 3.8) is 0 Å². The minimum absolute atomic E-state index is 0.401. The highest BCUT2D eigenvalue weighted by molar-refractivity contribution is 6.30. The summed E-state index contributed by atoms with van der Waals surface area (Å²) < 4.78 is 13.5. The molecule has 0 unspecified atom stereocenters. The summed E-state index contributed by atoms with van der Waals surface area (Å²) in [7, 11) is 1.60. The molecular weight excluding hydrogens is 412 g/mol. The molecule has 1 aliphatic heterocycles. The molecule has 0 bridgehead atoms. The van der Waals surface area contributed by atoms with Crippen LogP contribution in [0.2, 0.25) is 5.02 Å². The number of methoxy groups -OCH3 is 1. The molecule has 2 heterocycles. The molecule has 0 spiro atoms. The maximum absolute atomic E-state index is 9.78. The smallest absolute Gasteiger partial charge is 0.174 e. The Morgan fingerprint density at radius 1 is 1.13 bits per heavy atom. The molecular formula is C24H23ClN4O2. The minimum atomic E-state index is 0.401. The van der Waals surface area contributed by atoms with E-state index in [1.165, 1.54) is 6.42 Å². The highest BCUT2D eigenvalue weighted by Gasteiger charge is 2.18. The van der Waals surface area contributed by atoms with Crippen LogP contribution in [0.4, 0.5) is 0 Å². The summed E-state index contributed by atoms with van der Waals surface area (Å²) in [6.45, 7) is 1.25. The van der Waals surface area contributed by atoms with E-state index in [9.17, 15) is 5.26 Å². The summed E-state index contributed by atoms with van der Waals surface area (Å²) in [4.78, 5) is 0. The van der Waals surface area contributed by atoms with Crippen molar-refractivity contribution in [2.75, 3.05) is 7.11 Å². The molecule has 0 radical (unpaired) electrons. The zero-order chi connectivity index (χ0) is 21.6. The maximum Gasteiger partial charge on any atom is 0.174 e. The van der Waals surface area contributed by atoms with Crippen LogP contribution in [0.5, 0.6) is 11.5 Å². The number of allylic oxidation sites excluding steroid dienone is 1. The Kier molecular flexibility index (Phi) is 6.54. The number of hydrogen-bond acceptors (Lipinski definition) is 5. The van der Waals surface area contributed by atoms with Crippen molar-refractivity contribution < 1.29 is 9.47 Å². The molecule has 0 aliphatic carbocycles. The van der Waals surface area contributed by atoms with Gasteiger partial charge >= 0.3 is 0 Å². The molecule has 7 heteroatoms. The van der Waals surface area contributed by atoms with Crippen molar-refractivity contribution in [1.82, 2.24) is 14.8 Å². The van der Waals surface area contributed by atoms with Gasteiger partial charge in [-0.25, -0.2) is 0 Å². The molecule has 0 N–H and O–H groups in total. The topological polar surface area (TPSA) is 73.0 Å². The summed E-state index contributed by atoms with van der Waals surface area (Å²) >= 11 is 5.93. The number of halogens is 1. The van der Waals surface area contributed by atoms with E-state index >= 15 is 0 Å². The average molecular weight is 435 g/mol. The molecule has 158 valence electrons. The molecule has 31 heavy (non-hydrogen) atoms. The van der Waals surface area contributed by atoms with Gasteiger partial charge in [0.15, 0.2) is 17.3 Å². The Labute approximate surface area is 186 Å². The van der Waals surface area contributed by atoms with Gasteiger partial charge in [-0.05, 0) is 54.3 Å². The monoisotopic (exact) mass is 434 g/mol. The van der Waals surface area contributed by atoms with Gasteiger partial charge in [-0.3, -0.25) is 0 Å². The van der Waals surface area contributed by atoms with Crippen LogP contribution in [0, 0.1) is 11.3 Å². The van der Waals surface area contributed by atoms with Gasteiger partial charge in [-0.15, -0.1) is 10.2 Å². The SMILES string of the molecule is COc1cc(/C=C(\C#N)c2nnc3n2CCCCC3)ccc1OCc1ccc(Cl)cc1. The Bertz CT molecular complexity index is 1130. The zero-order valence-corrected chi connectivity index (χ0v) is 18.1. The van der Waals surface area contributed by atoms with E-state index in [-0.39, 0.29) is 0 Å². The lowest BCUT2D eigenvalue weighted by molar-refractivity contribution is 0.284. The molecule has 4 rings (SSSR count). The largest absolute Gasteiger partial charge is 0.493 e. The number of ether oxygens (including phenoxy) is 2. The number of benzene rings is 2. The number of fused-ring (bicyclic) bond motifs is 1. The summed E-state index contributed by atoms with van der Waals surface area (Å²) in [5, 5.41) is 19.1. The van der Waals surface area contributed by atoms with Crippen LogP contribution >= 0.6 is 11.6 Å².